The minimum absolute atomic E-state index is 0.909. The van der Waals surface area contributed by atoms with Gasteiger partial charge in [0, 0.05) is 10.9 Å². The molecule has 9 rings (SSSR count). The summed E-state index contributed by atoms with van der Waals surface area (Å²) in [5, 5.41) is 10.3. The van der Waals surface area contributed by atoms with Crippen LogP contribution in [0, 0.1) is 0 Å². The van der Waals surface area contributed by atoms with Gasteiger partial charge in [-0.1, -0.05) is 115 Å². The number of ether oxygens (including phenoxy) is 1. The molecule has 8 aromatic rings. The molecule has 1 heterocycles. The molecular formula is C38H22O. The molecule has 0 saturated heterocycles. The van der Waals surface area contributed by atoms with E-state index >= 15 is 0 Å². The number of hydrogen-bond donors (Lipinski definition) is 0. The molecular weight excluding hydrogens is 472 g/mol. The fourth-order valence-corrected chi connectivity index (χ4v) is 6.65. The van der Waals surface area contributed by atoms with Crippen LogP contribution >= 0.6 is 0 Å². The number of benzene rings is 8. The normalized spacial score (nSPS) is 12.3. The molecule has 39 heavy (non-hydrogen) atoms. The minimum Gasteiger partial charge on any atom is -0.456 e. The lowest BCUT2D eigenvalue weighted by Crippen LogP contribution is -1.98. The molecule has 0 N–H and O–H groups in total. The van der Waals surface area contributed by atoms with Crippen LogP contribution in [0.4, 0.5) is 0 Å². The number of rotatable bonds is 2. The first kappa shape index (κ1) is 20.9. The summed E-state index contributed by atoms with van der Waals surface area (Å²) in [7, 11) is 0. The second kappa shape index (κ2) is 7.69. The minimum atomic E-state index is 0.909. The Labute approximate surface area is 225 Å². The summed E-state index contributed by atoms with van der Waals surface area (Å²) in [6, 6.07) is 48.3. The van der Waals surface area contributed by atoms with Gasteiger partial charge >= 0.3 is 0 Å². The molecule has 0 aromatic heterocycles. The van der Waals surface area contributed by atoms with Gasteiger partial charge < -0.3 is 4.74 Å². The average Bonchev–Trinajstić information content (AvgIpc) is 3.00. The predicted molar refractivity (Wildman–Crippen MR) is 164 cm³/mol. The highest BCUT2D eigenvalue weighted by Crippen LogP contribution is 2.50. The number of fused-ring (bicyclic) bond motifs is 2. The van der Waals surface area contributed by atoms with Crippen molar-refractivity contribution < 1.29 is 4.74 Å². The van der Waals surface area contributed by atoms with E-state index in [1.165, 1.54) is 65.3 Å². The topological polar surface area (TPSA) is 9.23 Å². The van der Waals surface area contributed by atoms with Gasteiger partial charge in [-0.3, -0.25) is 0 Å². The molecule has 1 aliphatic rings. The third-order valence-electron chi connectivity index (χ3n) is 8.42. The van der Waals surface area contributed by atoms with Crippen LogP contribution in [0.15, 0.2) is 133 Å². The summed E-state index contributed by atoms with van der Waals surface area (Å²) in [6.45, 7) is 0. The summed E-state index contributed by atoms with van der Waals surface area (Å²) in [4.78, 5) is 0. The first-order valence-corrected chi connectivity index (χ1v) is 13.4. The van der Waals surface area contributed by atoms with Crippen molar-refractivity contribution in [2.24, 2.45) is 0 Å². The highest BCUT2D eigenvalue weighted by atomic mass is 16.5. The molecule has 0 aliphatic carbocycles. The van der Waals surface area contributed by atoms with Crippen molar-refractivity contribution in [1.29, 1.82) is 0 Å². The molecule has 8 aromatic carbocycles. The first-order chi connectivity index (χ1) is 19.3. The largest absolute Gasteiger partial charge is 0.456 e. The Morgan fingerprint density at radius 1 is 0.333 bits per heavy atom. The third kappa shape index (κ3) is 2.90. The first-order valence-electron chi connectivity index (χ1n) is 13.4. The van der Waals surface area contributed by atoms with Crippen molar-refractivity contribution >= 4 is 43.1 Å². The number of hydrogen-bond acceptors (Lipinski definition) is 1. The SMILES string of the molecule is c1ccc(-c2ccc3c(c2)Oc2ccc(-c4ccc5ccc6cccc7ccc4c5c67)c4cccc-3c24)cc1. The van der Waals surface area contributed by atoms with Gasteiger partial charge in [-0.2, -0.15) is 0 Å². The van der Waals surface area contributed by atoms with Crippen LogP contribution in [0.3, 0.4) is 0 Å². The van der Waals surface area contributed by atoms with E-state index in [0.717, 1.165) is 22.6 Å². The predicted octanol–water partition coefficient (Wildman–Crippen LogP) is 10.8. The molecule has 1 nitrogen and oxygen atoms in total. The van der Waals surface area contributed by atoms with E-state index in [2.05, 4.69) is 127 Å². The molecule has 1 heteroatoms. The summed E-state index contributed by atoms with van der Waals surface area (Å²) in [6.07, 6.45) is 0. The monoisotopic (exact) mass is 494 g/mol. The van der Waals surface area contributed by atoms with Crippen LogP contribution in [-0.4, -0.2) is 0 Å². The third-order valence-corrected chi connectivity index (χ3v) is 8.42. The van der Waals surface area contributed by atoms with E-state index in [0.29, 0.717) is 0 Å². The lowest BCUT2D eigenvalue weighted by atomic mass is 9.86. The van der Waals surface area contributed by atoms with E-state index in [1.54, 1.807) is 0 Å². The zero-order valence-corrected chi connectivity index (χ0v) is 21.1. The maximum atomic E-state index is 6.58. The van der Waals surface area contributed by atoms with E-state index in [-0.39, 0.29) is 0 Å². The zero-order valence-electron chi connectivity index (χ0n) is 21.1. The van der Waals surface area contributed by atoms with Gasteiger partial charge in [0.05, 0.1) is 0 Å². The van der Waals surface area contributed by atoms with Crippen LogP contribution < -0.4 is 4.74 Å². The Morgan fingerprint density at radius 3 is 1.85 bits per heavy atom. The summed E-state index contributed by atoms with van der Waals surface area (Å²) in [5.74, 6) is 1.83. The zero-order chi connectivity index (χ0) is 25.5. The van der Waals surface area contributed by atoms with E-state index in [4.69, 9.17) is 4.74 Å². The van der Waals surface area contributed by atoms with Crippen LogP contribution in [0.1, 0.15) is 0 Å². The van der Waals surface area contributed by atoms with Gasteiger partial charge in [-0.25, -0.2) is 0 Å². The van der Waals surface area contributed by atoms with Gasteiger partial charge in [0.15, 0.2) is 0 Å². The highest BCUT2D eigenvalue weighted by Gasteiger charge is 2.23. The molecule has 180 valence electrons. The van der Waals surface area contributed by atoms with Gasteiger partial charge in [0.1, 0.15) is 11.5 Å². The van der Waals surface area contributed by atoms with Crippen molar-refractivity contribution in [3.8, 4) is 44.9 Å². The molecule has 0 saturated carbocycles. The molecule has 0 unspecified atom stereocenters. The Kier molecular flexibility index (Phi) is 4.11. The molecule has 0 atom stereocenters. The maximum Gasteiger partial charge on any atom is 0.135 e. The van der Waals surface area contributed by atoms with Gasteiger partial charge in [0.2, 0.25) is 0 Å². The van der Waals surface area contributed by atoms with Crippen molar-refractivity contribution in [3.05, 3.63) is 133 Å². The van der Waals surface area contributed by atoms with Gasteiger partial charge in [-0.15, -0.1) is 0 Å². The molecule has 0 fully saturated rings. The van der Waals surface area contributed by atoms with Crippen LogP contribution in [-0.2, 0) is 0 Å². The van der Waals surface area contributed by atoms with E-state index in [9.17, 15) is 0 Å². The lowest BCUT2D eigenvalue weighted by Gasteiger charge is -2.23. The molecule has 1 aliphatic heterocycles. The van der Waals surface area contributed by atoms with Crippen LogP contribution in [0.5, 0.6) is 11.5 Å². The lowest BCUT2D eigenvalue weighted by molar-refractivity contribution is 0.487. The maximum absolute atomic E-state index is 6.58. The standard InChI is InChI=1S/C38H22O/c1-2-6-23(7-3-1)27-16-18-30-32-11-5-10-31-29(20-21-34(38(31)32)39-35(30)22-27)28-17-14-26-13-12-24-8-4-9-25-15-19-33(28)37(26)36(24)25/h1-22H. The average molecular weight is 495 g/mol. The van der Waals surface area contributed by atoms with Crippen molar-refractivity contribution in [2.45, 2.75) is 0 Å². The van der Waals surface area contributed by atoms with Crippen LogP contribution in [0.25, 0.3) is 76.5 Å². The van der Waals surface area contributed by atoms with Crippen LogP contribution in [0.2, 0.25) is 0 Å². The Balaban J connectivity index is 1.29. The summed E-state index contributed by atoms with van der Waals surface area (Å²) >= 11 is 0. The van der Waals surface area contributed by atoms with Crippen molar-refractivity contribution in [2.75, 3.05) is 0 Å². The Morgan fingerprint density at radius 2 is 1.00 bits per heavy atom. The van der Waals surface area contributed by atoms with Crippen molar-refractivity contribution in [1.82, 2.24) is 0 Å². The van der Waals surface area contributed by atoms with Gasteiger partial charge in [-0.05, 0) is 83.7 Å². The van der Waals surface area contributed by atoms with E-state index < -0.39 is 0 Å². The quantitative estimate of drug-likeness (QED) is 0.217. The molecule has 0 amide bonds. The highest BCUT2D eigenvalue weighted by molar-refractivity contribution is 6.26. The van der Waals surface area contributed by atoms with E-state index in [1.807, 2.05) is 6.07 Å². The Bertz CT molecular complexity index is 2230. The molecule has 0 spiro atoms. The molecule has 0 bridgehead atoms. The second-order valence-corrected chi connectivity index (χ2v) is 10.5. The summed E-state index contributed by atoms with van der Waals surface area (Å²) in [5.41, 5.74) is 7.21. The fraction of sp³-hybridized carbons (Fsp3) is 0. The molecule has 0 radical (unpaired) electrons. The Hall–Kier alpha value is -5.14. The van der Waals surface area contributed by atoms with Gasteiger partial charge in [0.25, 0.3) is 0 Å². The fourth-order valence-electron chi connectivity index (χ4n) is 6.65. The van der Waals surface area contributed by atoms with Crippen molar-refractivity contribution in [3.63, 3.8) is 0 Å². The smallest absolute Gasteiger partial charge is 0.135 e. The second-order valence-electron chi connectivity index (χ2n) is 10.5. The summed E-state index contributed by atoms with van der Waals surface area (Å²) < 4.78 is 6.58.